The van der Waals surface area contributed by atoms with Gasteiger partial charge in [0.25, 0.3) is 0 Å². The van der Waals surface area contributed by atoms with E-state index in [4.69, 9.17) is 5.11 Å². The number of nitrogens with one attached hydrogen (secondary N) is 1. The van der Waals surface area contributed by atoms with Crippen LogP contribution in [0.15, 0.2) is 0 Å². The Bertz CT molecular complexity index is 209. The van der Waals surface area contributed by atoms with E-state index >= 15 is 0 Å². The predicted octanol–water partition coefficient (Wildman–Crippen LogP) is 0.923. The molecule has 1 rings (SSSR count). The van der Waals surface area contributed by atoms with Crippen LogP contribution < -0.4 is 5.32 Å². The summed E-state index contributed by atoms with van der Waals surface area (Å²) in [6.45, 7) is 4.24. The molecule has 1 heterocycles. The molecule has 2 unspecified atom stereocenters. The molecule has 1 fully saturated rings. The first-order valence-electron chi connectivity index (χ1n) is 5.79. The van der Waals surface area contributed by atoms with Gasteiger partial charge in [-0.05, 0) is 39.8 Å². The molecule has 4 heteroatoms. The Hall–Kier alpha value is -0.610. The molecule has 0 aliphatic carbocycles. The number of rotatable bonds is 5. The summed E-state index contributed by atoms with van der Waals surface area (Å²) in [5.74, 6) is -0.748. The highest BCUT2D eigenvalue weighted by molar-refractivity contribution is 5.73. The second-order valence-electron chi connectivity index (χ2n) is 4.35. The zero-order valence-corrected chi connectivity index (χ0v) is 9.70. The Kier molecular flexibility index (Phi) is 5.05. The van der Waals surface area contributed by atoms with Crippen molar-refractivity contribution >= 4 is 5.97 Å². The van der Waals surface area contributed by atoms with Crippen LogP contribution in [0.25, 0.3) is 0 Å². The molecule has 88 valence electrons. The van der Waals surface area contributed by atoms with Gasteiger partial charge in [0.2, 0.25) is 0 Å². The fourth-order valence-corrected chi connectivity index (χ4v) is 2.18. The minimum atomic E-state index is -0.748. The van der Waals surface area contributed by atoms with Gasteiger partial charge in [0.05, 0.1) is 0 Å². The fourth-order valence-electron chi connectivity index (χ4n) is 2.18. The second-order valence-corrected chi connectivity index (χ2v) is 4.35. The normalized spacial score (nSPS) is 25.1. The van der Waals surface area contributed by atoms with Gasteiger partial charge in [0.1, 0.15) is 6.04 Å². The Morgan fingerprint density at radius 1 is 1.60 bits per heavy atom. The minimum absolute atomic E-state index is 0.404. The van der Waals surface area contributed by atoms with Crippen molar-refractivity contribution in [3.05, 3.63) is 0 Å². The molecule has 0 aromatic rings. The summed E-state index contributed by atoms with van der Waals surface area (Å²) in [6.07, 6.45) is 4.50. The highest BCUT2D eigenvalue weighted by Gasteiger charge is 2.21. The van der Waals surface area contributed by atoms with Crippen LogP contribution in [-0.2, 0) is 4.79 Å². The largest absolute Gasteiger partial charge is 0.480 e. The van der Waals surface area contributed by atoms with Gasteiger partial charge in [0, 0.05) is 12.6 Å². The topological polar surface area (TPSA) is 52.6 Å². The number of likely N-dealkylation sites (tertiary alicyclic amines) is 1. The van der Waals surface area contributed by atoms with Gasteiger partial charge >= 0.3 is 5.97 Å². The van der Waals surface area contributed by atoms with Gasteiger partial charge in [-0.1, -0.05) is 6.42 Å². The van der Waals surface area contributed by atoms with E-state index in [0.717, 1.165) is 13.1 Å². The Balaban J connectivity index is 2.31. The molecule has 0 radical (unpaired) electrons. The number of carboxylic acids is 1. The summed E-state index contributed by atoms with van der Waals surface area (Å²) in [6, 6.07) is 0.212. The van der Waals surface area contributed by atoms with Crippen molar-refractivity contribution in [2.24, 2.45) is 0 Å². The van der Waals surface area contributed by atoms with E-state index < -0.39 is 12.0 Å². The summed E-state index contributed by atoms with van der Waals surface area (Å²) in [4.78, 5) is 13.2. The van der Waals surface area contributed by atoms with Crippen LogP contribution in [0.1, 0.15) is 32.6 Å². The van der Waals surface area contributed by atoms with Gasteiger partial charge < -0.3 is 15.3 Å². The van der Waals surface area contributed by atoms with Gasteiger partial charge in [0.15, 0.2) is 0 Å². The molecular formula is C11H22N2O2. The number of nitrogens with zero attached hydrogens (tertiary/aromatic N) is 1. The number of likely N-dealkylation sites (N-methyl/N-ethyl adjacent to an activating group) is 1. The Morgan fingerprint density at radius 2 is 2.33 bits per heavy atom. The third kappa shape index (κ3) is 3.80. The number of carboxylic acid groups (broad SMARTS) is 1. The molecule has 1 aliphatic heterocycles. The maximum atomic E-state index is 10.8. The molecule has 1 aliphatic rings. The van der Waals surface area contributed by atoms with E-state index in [-0.39, 0.29) is 0 Å². The average molecular weight is 214 g/mol. The minimum Gasteiger partial charge on any atom is -0.480 e. The molecule has 0 aromatic carbocycles. The summed E-state index contributed by atoms with van der Waals surface area (Å²) >= 11 is 0. The van der Waals surface area contributed by atoms with E-state index in [2.05, 4.69) is 17.1 Å². The van der Waals surface area contributed by atoms with Crippen LogP contribution in [0, 0.1) is 0 Å². The summed E-state index contributed by atoms with van der Waals surface area (Å²) < 4.78 is 0. The SMILES string of the molecule is CNC(CCN1CCCCC1C)C(=O)O. The van der Waals surface area contributed by atoms with Crippen molar-refractivity contribution in [3.63, 3.8) is 0 Å². The van der Waals surface area contributed by atoms with Gasteiger partial charge in [-0.15, -0.1) is 0 Å². The van der Waals surface area contributed by atoms with Crippen LogP contribution >= 0.6 is 0 Å². The van der Waals surface area contributed by atoms with Crippen LogP contribution in [0.3, 0.4) is 0 Å². The van der Waals surface area contributed by atoms with Crippen molar-refractivity contribution in [1.82, 2.24) is 10.2 Å². The van der Waals surface area contributed by atoms with E-state index in [0.29, 0.717) is 12.5 Å². The third-order valence-electron chi connectivity index (χ3n) is 3.29. The zero-order chi connectivity index (χ0) is 11.3. The number of piperidine rings is 1. The van der Waals surface area contributed by atoms with E-state index in [1.165, 1.54) is 19.3 Å². The zero-order valence-electron chi connectivity index (χ0n) is 9.70. The molecule has 0 amide bonds. The number of hydrogen-bond acceptors (Lipinski definition) is 3. The number of aliphatic carboxylic acids is 1. The lowest BCUT2D eigenvalue weighted by molar-refractivity contribution is -0.139. The van der Waals surface area contributed by atoms with Crippen molar-refractivity contribution in [3.8, 4) is 0 Å². The molecule has 2 N–H and O–H groups in total. The fraction of sp³-hybridized carbons (Fsp3) is 0.909. The van der Waals surface area contributed by atoms with Gasteiger partial charge in [-0.3, -0.25) is 4.79 Å². The first-order chi connectivity index (χ1) is 7.15. The number of hydrogen-bond donors (Lipinski definition) is 2. The second kappa shape index (κ2) is 6.08. The highest BCUT2D eigenvalue weighted by atomic mass is 16.4. The monoisotopic (exact) mass is 214 g/mol. The molecule has 1 saturated heterocycles. The maximum absolute atomic E-state index is 10.8. The van der Waals surface area contributed by atoms with Crippen molar-refractivity contribution in [2.45, 2.75) is 44.7 Å². The van der Waals surface area contributed by atoms with Crippen LogP contribution in [0.2, 0.25) is 0 Å². The molecule has 0 aromatic heterocycles. The lowest BCUT2D eigenvalue weighted by atomic mass is 10.0. The number of carbonyl (C=O) groups is 1. The van der Waals surface area contributed by atoms with Crippen molar-refractivity contribution in [1.29, 1.82) is 0 Å². The lowest BCUT2D eigenvalue weighted by Gasteiger charge is -2.33. The van der Waals surface area contributed by atoms with Crippen LogP contribution in [-0.4, -0.2) is 48.2 Å². The molecular weight excluding hydrogens is 192 g/mol. The molecule has 0 spiro atoms. The van der Waals surface area contributed by atoms with Crippen molar-refractivity contribution in [2.75, 3.05) is 20.1 Å². The maximum Gasteiger partial charge on any atom is 0.320 e. The quantitative estimate of drug-likeness (QED) is 0.714. The lowest BCUT2D eigenvalue weighted by Crippen LogP contribution is -2.42. The van der Waals surface area contributed by atoms with E-state index in [1.54, 1.807) is 7.05 Å². The summed E-state index contributed by atoms with van der Waals surface area (Å²) in [5.41, 5.74) is 0. The van der Waals surface area contributed by atoms with Gasteiger partial charge in [-0.25, -0.2) is 0 Å². The summed E-state index contributed by atoms with van der Waals surface area (Å²) in [5, 5.41) is 11.7. The van der Waals surface area contributed by atoms with Crippen LogP contribution in [0.5, 0.6) is 0 Å². The van der Waals surface area contributed by atoms with E-state index in [1.807, 2.05) is 0 Å². The van der Waals surface area contributed by atoms with Crippen molar-refractivity contribution < 1.29 is 9.90 Å². The standard InChI is InChI=1S/C11H22N2O2/c1-9-5-3-4-7-13(9)8-6-10(12-2)11(14)15/h9-10,12H,3-8H2,1-2H3,(H,14,15). The van der Waals surface area contributed by atoms with Crippen LogP contribution in [0.4, 0.5) is 0 Å². The first-order valence-corrected chi connectivity index (χ1v) is 5.79. The smallest absolute Gasteiger partial charge is 0.320 e. The predicted molar refractivity (Wildman–Crippen MR) is 60.0 cm³/mol. The Morgan fingerprint density at radius 3 is 2.87 bits per heavy atom. The molecule has 15 heavy (non-hydrogen) atoms. The van der Waals surface area contributed by atoms with E-state index in [9.17, 15) is 4.79 Å². The van der Waals surface area contributed by atoms with Gasteiger partial charge in [-0.2, -0.15) is 0 Å². The highest BCUT2D eigenvalue weighted by Crippen LogP contribution is 2.16. The molecule has 2 atom stereocenters. The third-order valence-corrected chi connectivity index (χ3v) is 3.29. The molecule has 0 bridgehead atoms. The molecule has 0 saturated carbocycles. The summed E-state index contributed by atoms with van der Waals surface area (Å²) in [7, 11) is 1.71. The Labute approximate surface area is 91.6 Å². The average Bonchev–Trinajstić information content (AvgIpc) is 2.21. The molecule has 4 nitrogen and oxygen atoms in total. The first kappa shape index (κ1) is 12.5.